The number of halogens is 2. The minimum absolute atomic E-state index is 0.139. The van der Waals surface area contributed by atoms with Gasteiger partial charge in [-0.25, -0.2) is 13.6 Å². The highest BCUT2D eigenvalue weighted by Gasteiger charge is 2.35. The summed E-state index contributed by atoms with van der Waals surface area (Å²) in [4.78, 5) is 37.8. The molecule has 8 heteroatoms. The molecular weight excluding hydrogens is 406 g/mol. The van der Waals surface area contributed by atoms with Gasteiger partial charge in [0, 0.05) is 6.07 Å². The summed E-state index contributed by atoms with van der Waals surface area (Å²) in [6.45, 7) is 5.24. The maximum absolute atomic E-state index is 13.4. The summed E-state index contributed by atoms with van der Waals surface area (Å²) >= 11 is 0. The third-order valence-electron chi connectivity index (χ3n) is 4.58. The molecule has 0 unspecified atom stereocenters. The van der Waals surface area contributed by atoms with Gasteiger partial charge in [0.2, 0.25) is 11.8 Å². The molecule has 0 aliphatic heterocycles. The highest BCUT2D eigenvalue weighted by atomic mass is 19.1. The number of amides is 2. The number of carbonyl (C=O) groups is 3. The molecule has 2 aromatic rings. The first-order valence-electron chi connectivity index (χ1n) is 9.68. The molecule has 0 fully saturated rings. The molecule has 2 atom stereocenters. The second-order valence-electron chi connectivity index (χ2n) is 8.20. The maximum Gasteiger partial charge on any atom is 0.333 e. The van der Waals surface area contributed by atoms with Crippen LogP contribution in [0.25, 0.3) is 0 Å². The van der Waals surface area contributed by atoms with E-state index in [9.17, 15) is 23.2 Å². The van der Waals surface area contributed by atoms with Gasteiger partial charge in [-0.15, -0.1) is 0 Å². The number of carbonyl (C=O) groups excluding carboxylic acids is 3. The van der Waals surface area contributed by atoms with Crippen molar-refractivity contribution in [3.63, 3.8) is 0 Å². The van der Waals surface area contributed by atoms with Crippen LogP contribution >= 0.6 is 0 Å². The highest BCUT2D eigenvalue weighted by Crippen LogP contribution is 2.22. The first kappa shape index (κ1) is 24.0. The lowest BCUT2D eigenvalue weighted by atomic mass is 9.85. The quantitative estimate of drug-likeness (QED) is 0.659. The van der Waals surface area contributed by atoms with Crippen molar-refractivity contribution in [1.82, 2.24) is 10.6 Å². The van der Waals surface area contributed by atoms with Crippen LogP contribution in [-0.4, -0.2) is 30.9 Å². The van der Waals surface area contributed by atoms with Crippen LogP contribution in [0.1, 0.15) is 37.9 Å². The van der Waals surface area contributed by atoms with Crippen molar-refractivity contribution in [2.75, 3.05) is 7.11 Å². The molecule has 2 N–H and O–H groups in total. The molecule has 0 aliphatic rings. The van der Waals surface area contributed by atoms with Crippen LogP contribution in [0.15, 0.2) is 48.5 Å². The van der Waals surface area contributed by atoms with E-state index in [0.717, 1.165) is 12.1 Å². The molecule has 2 aromatic carbocycles. The Morgan fingerprint density at radius 1 is 0.968 bits per heavy atom. The molecule has 0 bridgehead atoms. The van der Waals surface area contributed by atoms with Gasteiger partial charge in [0.15, 0.2) is 6.04 Å². The molecule has 31 heavy (non-hydrogen) atoms. The first-order chi connectivity index (χ1) is 14.5. The molecular formula is C23H26F2N2O4. The van der Waals surface area contributed by atoms with Crippen molar-refractivity contribution in [1.29, 1.82) is 0 Å². The van der Waals surface area contributed by atoms with Crippen molar-refractivity contribution in [3.8, 4) is 0 Å². The topological polar surface area (TPSA) is 84.5 Å². The Balaban J connectivity index is 2.19. The number of benzene rings is 2. The zero-order chi connectivity index (χ0) is 23.2. The number of esters is 1. The van der Waals surface area contributed by atoms with Gasteiger partial charge < -0.3 is 15.4 Å². The van der Waals surface area contributed by atoms with Crippen LogP contribution in [0.3, 0.4) is 0 Å². The Kier molecular flexibility index (Phi) is 7.85. The number of methoxy groups -OCH3 is 1. The third kappa shape index (κ3) is 6.87. The van der Waals surface area contributed by atoms with Gasteiger partial charge >= 0.3 is 5.97 Å². The third-order valence-corrected chi connectivity index (χ3v) is 4.58. The molecule has 0 aromatic heterocycles. The second kappa shape index (κ2) is 10.1. The minimum atomic E-state index is -1.06. The van der Waals surface area contributed by atoms with Crippen LogP contribution < -0.4 is 10.6 Å². The van der Waals surface area contributed by atoms with Gasteiger partial charge in [0.1, 0.15) is 17.7 Å². The summed E-state index contributed by atoms with van der Waals surface area (Å²) in [5.41, 5.74) is -0.0543. The highest BCUT2D eigenvalue weighted by molar-refractivity contribution is 5.92. The summed E-state index contributed by atoms with van der Waals surface area (Å²) < 4.78 is 31.6. The average molecular weight is 432 g/mol. The smallest absolute Gasteiger partial charge is 0.333 e. The lowest BCUT2D eigenvalue weighted by molar-refractivity contribution is -0.146. The van der Waals surface area contributed by atoms with Gasteiger partial charge in [0.25, 0.3) is 0 Å². The molecule has 0 spiro atoms. The van der Waals surface area contributed by atoms with Crippen LogP contribution in [-0.2, 0) is 25.5 Å². The summed E-state index contributed by atoms with van der Waals surface area (Å²) in [5.74, 6) is -3.43. The fourth-order valence-electron chi connectivity index (χ4n) is 3.05. The van der Waals surface area contributed by atoms with Gasteiger partial charge in [-0.1, -0.05) is 51.1 Å². The number of ether oxygens (including phenoxy) is 1. The first-order valence-corrected chi connectivity index (χ1v) is 9.68. The SMILES string of the molecule is COC(=O)[C@@H](NC(=O)[C@@H](NC(=O)Cc1cc(F)cc(F)c1)C(C)(C)C)c1ccccc1. The molecule has 0 radical (unpaired) electrons. The molecule has 0 saturated carbocycles. The van der Waals surface area contributed by atoms with E-state index in [1.54, 1.807) is 51.1 Å². The number of hydrogen-bond acceptors (Lipinski definition) is 4. The molecule has 166 valence electrons. The van der Waals surface area contributed by atoms with E-state index in [1.165, 1.54) is 7.11 Å². The summed E-state index contributed by atoms with van der Waals surface area (Å²) in [6, 6.07) is 9.30. The second-order valence-corrected chi connectivity index (χ2v) is 8.20. The van der Waals surface area contributed by atoms with E-state index in [1.807, 2.05) is 0 Å². The Hall–Kier alpha value is -3.29. The van der Waals surface area contributed by atoms with Gasteiger partial charge in [-0.05, 0) is 28.7 Å². The molecule has 0 heterocycles. The van der Waals surface area contributed by atoms with Gasteiger partial charge in [-0.3, -0.25) is 9.59 Å². The lowest BCUT2D eigenvalue weighted by Crippen LogP contribution is -2.55. The normalized spacial score (nSPS) is 13.1. The van der Waals surface area contributed by atoms with E-state index in [-0.39, 0.29) is 12.0 Å². The van der Waals surface area contributed by atoms with Gasteiger partial charge in [0.05, 0.1) is 13.5 Å². The van der Waals surface area contributed by atoms with Crippen LogP contribution in [0.2, 0.25) is 0 Å². The fourth-order valence-corrected chi connectivity index (χ4v) is 3.05. The van der Waals surface area contributed by atoms with E-state index >= 15 is 0 Å². The fraction of sp³-hybridized carbons (Fsp3) is 0.348. The van der Waals surface area contributed by atoms with Crippen molar-refractivity contribution in [2.24, 2.45) is 5.41 Å². The average Bonchev–Trinajstić information content (AvgIpc) is 2.68. The predicted molar refractivity (Wildman–Crippen MR) is 111 cm³/mol. The lowest BCUT2D eigenvalue weighted by Gasteiger charge is -2.31. The molecule has 0 aliphatic carbocycles. The Bertz CT molecular complexity index is 922. The minimum Gasteiger partial charge on any atom is -0.467 e. The number of nitrogens with one attached hydrogen (secondary N) is 2. The molecule has 6 nitrogen and oxygen atoms in total. The Labute approximate surface area is 180 Å². The van der Waals surface area contributed by atoms with Gasteiger partial charge in [-0.2, -0.15) is 0 Å². The van der Waals surface area contributed by atoms with E-state index in [4.69, 9.17) is 4.74 Å². The van der Waals surface area contributed by atoms with Crippen LogP contribution in [0.5, 0.6) is 0 Å². The van der Waals surface area contributed by atoms with E-state index in [0.29, 0.717) is 11.6 Å². The van der Waals surface area contributed by atoms with Crippen LogP contribution in [0.4, 0.5) is 8.78 Å². The summed E-state index contributed by atoms with van der Waals surface area (Å²) in [6.07, 6.45) is -0.312. The number of rotatable bonds is 7. The molecule has 2 amide bonds. The Morgan fingerprint density at radius 3 is 2.06 bits per heavy atom. The van der Waals surface area contributed by atoms with Crippen molar-refractivity contribution < 1.29 is 27.9 Å². The maximum atomic E-state index is 13.4. The largest absolute Gasteiger partial charge is 0.467 e. The van der Waals surface area contributed by atoms with Crippen molar-refractivity contribution in [3.05, 3.63) is 71.3 Å². The zero-order valence-electron chi connectivity index (χ0n) is 17.9. The standard InChI is InChI=1S/C23H26F2N2O4/c1-23(2,3)20(26-18(28)12-14-10-16(24)13-17(25)11-14)21(29)27-19(22(30)31-4)15-8-6-5-7-9-15/h5-11,13,19-20H,12H2,1-4H3,(H,26,28)(H,27,29)/t19-,20+/m0/s1. The van der Waals surface area contributed by atoms with E-state index < -0.39 is 46.9 Å². The zero-order valence-corrected chi connectivity index (χ0v) is 17.9. The summed E-state index contributed by atoms with van der Waals surface area (Å²) in [5, 5.41) is 5.24. The molecule has 0 saturated heterocycles. The number of hydrogen-bond donors (Lipinski definition) is 2. The monoisotopic (exact) mass is 432 g/mol. The molecule has 2 rings (SSSR count). The van der Waals surface area contributed by atoms with E-state index in [2.05, 4.69) is 10.6 Å². The van der Waals surface area contributed by atoms with Crippen molar-refractivity contribution in [2.45, 2.75) is 39.3 Å². The summed E-state index contributed by atoms with van der Waals surface area (Å²) in [7, 11) is 1.21. The Morgan fingerprint density at radius 2 is 1.55 bits per heavy atom. The van der Waals surface area contributed by atoms with Crippen molar-refractivity contribution >= 4 is 17.8 Å². The van der Waals surface area contributed by atoms with Crippen LogP contribution in [0, 0.1) is 17.0 Å². The predicted octanol–water partition coefficient (Wildman–Crippen LogP) is 3.07.